The lowest BCUT2D eigenvalue weighted by Crippen LogP contribution is -2.48. The number of aromatic nitrogens is 4. The predicted molar refractivity (Wildman–Crippen MR) is 94.9 cm³/mol. The second-order valence-electron chi connectivity index (χ2n) is 6.03. The van der Waals surface area contributed by atoms with Gasteiger partial charge in [0.15, 0.2) is 5.65 Å². The van der Waals surface area contributed by atoms with E-state index in [1.807, 2.05) is 16.6 Å². The number of amides is 1. The number of carbonyl (C=O) groups is 1. The molecule has 0 aliphatic carbocycles. The standard InChI is InChI=1S/C17H17ClN6O/c18-14-4-3-12(10-20-14)17(25)22-13-2-1-9-23(11-13)16-6-7-19-15-5-8-21-24(15)16/h3-8,10,13H,1-2,9,11H2,(H,22,25). The Morgan fingerprint density at radius 3 is 2.96 bits per heavy atom. The first kappa shape index (κ1) is 15.8. The Morgan fingerprint density at radius 2 is 2.12 bits per heavy atom. The van der Waals surface area contributed by atoms with Crippen LogP contribution in [0.15, 0.2) is 42.9 Å². The maximum Gasteiger partial charge on any atom is 0.253 e. The number of nitrogens with zero attached hydrogens (tertiary/aromatic N) is 5. The van der Waals surface area contributed by atoms with Gasteiger partial charge in [0, 0.05) is 37.6 Å². The molecule has 0 aromatic carbocycles. The fourth-order valence-corrected chi connectivity index (χ4v) is 3.25. The SMILES string of the molecule is O=C(NC1CCCN(c2ccnc3ccnn23)C1)c1ccc(Cl)nc1. The molecule has 4 rings (SSSR count). The van der Waals surface area contributed by atoms with E-state index in [4.69, 9.17) is 11.6 Å². The topological polar surface area (TPSA) is 75.4 Å². The Morgan fingerprint density at radius 1 is 1.20 bits per heavy atom. The third-order valence-electron chi connectivity index (χ3n) is 4.34. The van der Waals surface area contributed by atoms with E-state index in [1.54, 1.807) is 24.5 Å². The Balaban J connectivity index is 1.48. The smallest absolute Gasteiger partial charge is 0.253 e. The van der Waals surface area contributed by atoms with Crippen LogP contribution in [-0.4, -0.2) is 44.6 Å². The van der Waals surface area contributed by atoms with Crippen molar-refractivity contribution in [1.82, 2.24) is 24.9 Å². The van der Waals surface area contributed by atoms with Crippen molar-refractivity contribution in [3.05, 3.63) is 53.6 Å². The maximum absolute atomic E-state index is 12.4. The number of halogens is 1. The monoisotopic (exact) mass is 356 g/mol. The summed E-state index contributed by atoms with van der Waals surface area (Å²) in [5, 5.41) is 7.80. The number of carbonyl (C=O) groups excluding carboxylic acids is 1. The summed E-state index contributed by atoms with van der Waals surface area (Å²) in [6.07, 6.45) is 6.95. The fraction of sp³-hybridized carbons (Fsp3) is 0.294. The van der Waals surface area contributed by atoms with Crippen LogP contribution in [0.25, 0.3) is 5.65 Å². The molecule has 3 aromatic heterocycles. The van der Waals surface area contributed by atoms with Crippen LogP contribution in [0.3, 0.4) is 0 Å². The number of pyridine rings is 1. The Kier molecular flexibility index (Phi) is 4.23. The Hall–Kier alpha value is -2.67. The van der Waals surface area contributed by atoms with Crippen molar-refractivity contribution in [3.8, 4) is 0 Å². The third-order valence-corrected chi connectivity index (χ3v) is 4.56. The number of rotatable bonds is 3. The van der Waals surface area contributed by atoms with E-state index in [0.29, 0.717) is 10.7 Å². The van der Waals surface area contributed by atoms with Crippen molar-refractivity contribution < 1.29 is 4.79 Å². The number of nitrogens with one attached hydrogen (secondary N) is 1. The first-order valence-electron chi connectivity index (χ1n) is 8.17. The first-order chi connectivity index (χ1) is 12.2. The quantitative estimate of drug-likeness (QED) is 0.728. The molecule has 1 fully saturated rings. The normalized spacial score (nSPS) is 17.6. The molecule has 1 N–H and O–H groups in total. The molecule has 4 heterocycles. The average Bonchev–Trinajstić information content (AvgIpc) is 3.11. The van der Waals surface area contributed by atoms with Gasteiger partial charge in [0.2, 0.25) is 0 Å². The molecule has 0 radical (unpaired) electrons. The zero-order valence-electron chi connectivity index (χ0n) is 13.5. The molecular formula is C17H17ClN6O. The molecule has 1 amide bonds. The lowest BCUT2D eigenvalue weighted by atomic mass is 10.1. The molecule has 3 aromatic rings. The van der Waals surface area contributed by atoms with E-state index in [1.165, 1.54) is 6.20 Å². The molecule has 1 saturated heterocycles. The lowest BCUT2D eigenvalue weighted by Gasteiger charge is -2.34. The van der Waals surface area contributed by atoms with E-state index in [2.05, 4.69) is 25.3 Å². The summed E-state index contributed by atoms with van der Waals surface area (Å²) in [4.78, 5) is 22.9. The molecule has 7 nitrogen and oxygen atoms in total. The van der Waals surface area contributed by atoms with Gasteiger partial charge in [0.1, 0.15) is 11.0 Å². The lowest BCUT2D eigenvalue weighted by molar-refractivity contribution is 0.0932. The highest BCUT2D eigenvalue weighted by Crippen LogP contribution is 2.20. The van der Waals surface area contributed by atoms with Crippen molar-refractivity contribution in [1.29, 1.82) is 0 Å². The highest BCUT2D eigenvalue weighted by atomic mass is 35.5. The fourth-order valence-electron chi connectivity index (χ4n) is 3.14. The van der Waals surface area contributed by atoms with Crippen LogP contribution in [0.2, 0.25) is 5.15 Å². The molecule has 1 aliphatic heterocycles. The van der Waals surface area contributed by atoms with Crippen LogP contribution >= 0.6 is 11.6 Å². The van der Waals surface area contributed by atoms with Crippen LogP contribution in [0.5, 0.6) is 0 Å². The van der Waals surface area contributed by atoms with Crippen molar-refractivity contribution in [2.45, 2.75) is 18.9 Å². The van der Waals surface area contributed by atoms with Crippen molar-refractivity contribution in [2.24, 2.45) is 0 Å². The first-order valence-corrected chi connectivity index (χ1v) is 8.54. The molecule has 1 unspecified atom stereocenters. The van der Waals surface area contributed by atoms with Gasteiger partial charge in [-0.3, -0.25) is 4.79 Å². The molecule has 1 atom stereocenters. The number of fused-ring (bicyclic) bond motifs is 1. The van der Waals surface area contributed by atoms with E-state index in [-0.39, 0.29) is 11.9 Å². The minimum Gasteiger partial charge on any atom is -0.354 e. The zero-order valence-corrected chi connectivity index (χ0v) is 14.2. The summed E-state index contributed by atoms with van der Waals surface area (Å²) in [6.45, 7) is 1.65. The summed E-state index contributed by atoms with van der Waals surface area (Å²) in [6, 6.07) is 7.19. The van der Waals surface area contributed by atoms with Crippen molar-refractivity contribution >= 4 is 29.0 Å². The summed E-state index contributed by atoms with van der Waals surface area (Å²) in [5.41, 5.74) is 1.33. The number of hydrogen-bond acceptors (Lipinski definition) is 5. The molecule has 1 aliphatic rings. The van der Waals surface area contributed by atoms with Crippen molar-refractivity contribution in [2.75, 3.05) is 18.0 Å². The minimum absolute atomic E-state index is 0.0655. The van der Waals surface area contributed by atoms with Crippen molar-refractivity contribution in [3.63, 3.8) is 0 Å². The third kappa shape index (κ3) is 3.28. The van der Waals surface area contributed by atoms with Gasteiger partial charge in [-0.2, -0.15) is 9.61 Å². The van der Waals surface area contributed by atoms with Gasteiger partial charge >= 0.3 is 0 Å². The van der Waals surface area contributed by atoms with Crippen LogP contribution in [0.4, 0.5) is 5.82 Å². The number of anilines is 1. The molecule has 25 heavy (non-hydrogen) atoms. The largest absolute Gasteiger partial charge is 0.354 e. The summed E-state index contributed by atoms with van der Waals surface area (Å²) < 4.78 is 1.83. The summed E-state index contributed by atoms with van der Waals surface area (Å²) in [5.74, 6) is 0.858. The number of piperidine rings is 1. The van der Waals surface area contributed by atoms with Gasteiger partial charge in [-0.1, -0.05) is 11.6 Å². The molecule has 8 heteroatoms. The second kappa shape index (κ2) is 6.68. The zero-order chi connectivity index (χ0) is 17.2. The summed E-state index contributed by atoms with van der Waals surface area (Å²) >= 11 is 5.77. The minimum atomic E-state index is -0.130. The van der Waals surface area contributed by atoms with Gasteiger partial charge in [-0.15, -0.1) is 0 Å². The Labute approximate surface area is 149 Å². The van der Waals surface area contributed by atoms with Crippen LogP contribution < -0.4 is 10.2 Å². The van der Waals surface area contributed by atoms with E-state index >= 15 is 0 Å². The average molecular weight is 357 g/mol. The van der Waals surface area contributed by atoms with Crippen LogP contribution in [0, 0.1) is 0 Å². The molecule has 128 valence electrons. The van der Waals surface area contributed by atoms with E-state index in [9.17, 15) is 4.79 Å². The van der Waals surface area contributed by atoms with Crippen LogP contribution in [-0.2, 0) is 0 Å². The van der Waals surface area contributed by atoms with E-state index < -0.39 is 0 Å². The van der Waals surface area contributed by atoms with Gasteiger partial charge in [0.25, 0.3) is 5.91 Å². The highest BCUT2D eigenvalue weighted by molar-refractivity contribution is 6.29. The second-order valence-corrected chi connectivity index (χ2v) is 6.42. The molecule has 0 saturated carbocycles. The van der Waals surface area contributed by atoms with Gasteiger partial charge in [-0.25, -0.2) is 9.97 Å². The molecule has 0 spiro atoms. The maximum atomic E-state index is 12.4. The van der Waals surface area contributed by atoms with Crippen LogP contribution in [0.1, 0.15) is 23.2 Å². The predicted octanol–water partition coefficient (Wildman–Crippen LogP) is 2.18. The van der Waals surface area contributed by atoms with Gasteiger partial charge < -0.3 is 10.2 Å². The van der Waals surface area contributed by atoms with E-state index in [0.717, 1.165) is 37.4 Å². The molecular weight excluding hydrogens is 340 g/mol. The van der Waals surface area contributed by atoms with Gasteiger partial charge in [0.05, 0.1) is 11.8 Å². The Bertz CT molecular complexity index is 894. The molecule has 0 bridgehead atoms. The van der Waals surface area contributed by atoms with Gasteiger partial charge in [-0.05, 0) is 31.0 Å². The summed E-state index contributed by atoms with van der Waals surface area (Å²) in [7, 11) is 0. The number of hydrogen-bond donors (Lipinski definition) is 1. The highest BCUT2D eigenvalue weighted by Gasteiger charge is 2.23.